The lowest BCUT2D eigenvalue weighted by atomic mass is 9.65. The summed E-state index contributed by atoms with van der Waals surface area (Å²) in [7, 11) is 0. The fraction of sp³-hybridized carbons (Fsp3) is 0.857. The van der Waals surface area contributed by atoms with Gasteiger partial charge in [-0.2, -0.15) is 0 Å². The molecule has 0 aromatic heterocycles. The van der Waals surface area contributed by atoms with Crippen LogP contribution < -0.4 is 0 Å². The maximum Gasteiger partial charge on any atom is -0.00392 e. The van der Waals surface area contributed by atoms with Crippen molar-refractivity contribution in [1.82, 2.24) is 0 Å². The Labute approximate surface area is 89.8 Å². The molecule has 14 heavy (non-hydrogen) atoms. The second kappa shape index (κ2) is 4.08. The smallest absolute Gasteiger partial charge is 0.00392 e. The SMILES string of the molecule is C=C(C)C1(C(C)(CCC)CCC)CC1. The third kappa shape index (κ3) is 1.76. The van der Waals surface area contributed by atoms with E-state index in [0.29, 0.717) is 10.8 Å². The summed E-state index contributed by atoms with van der Waals surface area (Å²) in [6.07, 6.45) is 8.14. The minimum atomic E-state index is 0.513. The summed E-state index contributed by atoms with van der Waals surface area (Å²) in [5.74, 6) is 0. The molecule has 0 aromatic rings. The highest BCUT2D eigenvalue weighted by atomic mass is 14.6. The van der Waals surface area contributed by atoms with Crippen LogP contribution in [-0.4, -0.2) is 0 Å². The van der Waals surface area contributed by atoms with Gasteiger partial charge in [0.15, 0.2) is 0 Å². The molecular formula is C14H26. The van der Waals surface area contributed by atoms with Crippen LogP contribution in [0.5, 0.6) is 0 Å². The average Bonchev–Trinajstić information content (AvgIpc) is 2.84. The van der Waals surface area contributed by atoms with Crippen LogP contribution in [0.1, 0.15) is 66.2 Å². The van der Waals surface area contributed by atoms with Crippen molar-refractivity contribution in [2.45, 2.75) is 66.2 Å². The van der Waals surface area contributed by atoms with Crippen molar-refractivity contribution >= 4 is 0 Å². The molecule has 0 N–H and O–H groups in total. The first-order valence-corrected chi connectivity index (χ1v) is 6.18. The van der Waals surface area contributed by atoms with Crippen LogP contribution in [0.25, 0.3) is 0 Å². The van der Waals surface area contributed by atoms with Crippen LogP contribution in [0.15, 0.2) is 12.2 Å². The zero-order valence-corrected chi connectivity index (χ0v) is 10.4. The van der Waals surface area contributed by atoms with Crippen molar-refractivity contribution in [2.75, 3.05) is 0 Å². The Hall–Kier alpha value is -0.260. The van der Waals surface area contributed by atoms with Gasteiger partial charge in [-0.1, -0.05) is 45.8 Å². The fourth-order valence-corrected chi connectivity index (χ4v) is 3.38. The summed E-state index contributed by atoms with van der Waals surface area (Å²) in [5, 5.41) is 0. The maximum absolute atomic E-state index is 4.22. The molecule has 0 nitrogen and oxygen atoms in total. The van der Waals surface area contributed by atoms with E-state index in [4.69, 9.17) is 0 Å². The predicted octanol–water partition coefficient (Wildman–Crippen LogP) is 4.95. The van der Waals surface area contributed by atoms with Crippen molar-refractivity contribution in [2.24, 2.45) is 10.8 Å². The molecule has 0 spiro atoms. The molecule has 0 radical (unpaired) electrons. The molecule has 1 aliphatic carbocycles. The zero-order chi connectivity index (χ0) is 10.8. The van der Waals surface area contributed by atoms with Gasteiger partial charge in [-0.25, -0.2) is 0 Å². The van der Waals surface area contributed by atoms with Gasteiger partial charge in [-0.05, 0) is 43.4 Å². The third-order valence-electron chi connectivity index (χ3n) is 4.33. The molecule has 1 saturated carbocycles. The first-order valence-electron chi connectivity index (χ1n) is 6.18. The van der Waals surface area contributed by atoms with Crippen LogP contribution in [0.3, 0.4) is 0 Å². The topological polar surface area (TPSA) is 0 Å². The van der Waals surface area contributed by atoms with Crippen LogP contribution in [0.4, 0.5) is 0 Å². The van der Waals surface area contributed by atoms with Crippen molar-refractivity contribution in [3.63, 3.8) is 0 Å². The van der Waals surface area contributed by atoms with Gasteiger partial charge in [0, 0.05) is 0 Å². The summed E-state index contributed by atoms with van der Waals surface area (Å²) in [6.45, 7) is 13.6. The Balaban J connectivity index is 2.81. The van der Waals surface area contributed by atoms with Crippen molar-refractivity contribution in [3.05, 3.63) is 12.2 Å². The van der Waals surface area contributed by atoms with Gasteiger partial charge in [0.25, 0.3) is 0 Å². The molecule has 1 aliphatic rings. The van der Waals surface area contributed by atoms with E-state index >= 15 is 0 Å². The first-order chi connectivity index (χ1) is 6.52. The zero-order valence-electron chi connectivity index (χ0n) is 10.4. The van der Waals surface area contributed by atoms with Gasteiger partial charge < -0.3 is 0 Å². The molecule has 1 fully saturated rings. The second-order valence-electron chi connectivity index (χ2n) is 5.42. The van der Waals surface area contributed by atoms with Gasteiger partial charge in [-0.3, -0.25) is 0 Å². The molecule has 0 aliphatic heterocycles. The normalized spacial score (nSPS) is 19.4. The second-order valence-corrected chi connectivity index (χ2v) is 5.42. The van der Waals surface area contributed by atoms with Gasteiger partial charge in [0.2, 0.25) is 0 Å². The van der Waals surface area contributed by atoms with Gasteiger partial charge >= 0.3 is 0 Å². The summed E-state index contributed by atoms with van der Waals surface area (Å²) in [6, 6.07) is 0. The molecule has 0 atom stereocenters. The average molecular weight is 194 g/mol. The Morgan fingerprint density at radius 1 is 1.21 bits per heavy atom. The van der Waals surface area contributed by atoms with Crippen LogP contribution in [0.2, 0.25) is 0 Å². The lowest BCUT2D eigenvalue weighted by molar-refractivity contribution is 0.157. The van der Waals surface area contributed by atoms with E-state index in [-0.39, 0.29) is 0 Å². The number of hydrogen-bond donors (Lipinski definition) is 0. The Morgan fingerprint density at radius 3 is 1.86 bits per heavy atom. The Bertz CT molecular complexity index is 202. The van der Waals surface area contributed by atoms with Crippen molar-refractivity contribution < 1.29 is 0 Å². The molecular weight excluding hydrogens is 168 g/mol. The minimum absolute atomic E-state index is 0.513. The number of hydrogen-bond acceptors (Lipinski definition) is 0. The number of allylic oxidation sites excluding steroid dienone is 1. The molecule has 82 valence electrons. The predicted molar refractivity (Wildman–Crippen MR) is 64.4 cm³/mol. The summed E-state index contributed by atoms with van der Waals surface area (Å²) >= 11 is 0. The van der Waals surface area contributed by atoms with Gasteiger partial charge in [0.05, 0.1) is 0 Å². The molecule has 0 bridgehead atoms. The van der Waals surface area contributed by atoms with Crippen LogP contribution in [-0.2, 0) is 0 Å². The molecule has 0 amide bonds. The first kappa shape index (κ1) is 11.8. The highest BCUT2D eigenvalue weighted by molar-refractivity contribution is 5.22. The van der Waals surface area contributed by atoms with E-state index in [0.717, 1.165) is 0 Å². The highest BCUT2D eigenvalue weighted by Crippen LogP contribution is 2.65. The molecule has 0 saturated heterocycles. The van der Waals surface area contributed by atoms with Crippen molar-refractivity contribution in [3.8, 4) is 0 Å². The lowest BCUT2D eigenvalue weighted by Crippen LogP contribution is -2.29. The quantitative estimate of drug-likeness (QED) is 0.525. The number of rotatable bonds is 6. The van der Waals surface area contributed by atoms with Gasteiger partial charge in [-0.15, -0.1) is 0 Å². The molecule has 0 unspecified atom stereocenters. The van der Waals surface area contributed by atoms with E-state index in [9.17, 15) is 0 Å². The van der Waals surface area contributed by atoms with E-state index in [2.05, 4.69) is 34.3 Å². The standard InChI is InChI=1S/C14H26/c1-6-8-13(5,9-7-2)14(10-11-14)12(3)4/h3,6-11H2,1-2,4-5H3. The van der Waals surface area contributed by atoms with Crippen molar-refractivity contribution in [1.29, 1.82) is 0 Å². The largest absolute Gasteiger partial charge is 0.0996 e. The monoisotopic (exact) mass is 194 g/mol. The molecule has 1 rings (SSSR count). The summed E-state index contributed by atoms with van der Waals surface area (Å²) in [5.41, 5.74) is 2.48. The van der Waals surface area contributed by atoms with E-state index in [1.807, 2.05) is 0 Å². The van der Waals surface area contributed by atoms with Gasteiger partial charge in [0.1, 0.15) is 0 Å². The maximum atomic E-state index is 4.22. The summed E-state index contributed by atoms with van der Waals surface area (Å²) < 4.78 is 0. The van der Waals surface area contributed by atoms with Crippen LogP contribution in [0, 0.1) is 10.8 Å². The summed E-state index contributed by atoms with van der Waals surface area (Å²) in [4.78, 5) is 0. The molecule has 0 heterocycles. The van der Waals surface area contributed by atoms with E-state index in [1.165, 1.54) is 44.1 Å². The molecule has 0 aromatic carbocycles. The lowest BCUT2D eigenvalue weighted by Gasteiger charge is -2.39. The van der Waals surface area contributed by atoms with E-state index < -0.39 is 0 Å². The molecule has 0 heteroatoms. The fourth-order valence-electron chi connectivity index (χ4n) is 3.38. The minimum Gasteiger partial charge on any atom is -0.0996 e. The van der Waals surface area contributed by atoms with E-state index in [1.54, 1.807) is 0 Å². The third-order valence-corrected chi connectivity index (χ3v) is 4.33. The Kier molecular flexibility index (Phi) is 3.44. The van der Waals surface area contributed by atoms with Crippen LogP contribution >= 0.6 is 0 Å². The highest BCUT2D eigenvalue weighted by Gasteiger charge is 2.55. The Morgan fingerprint density at radius 2 is 1.64 bits per heavy atom.